The van der Waals surface area contributed by atoms with Gasteiger partial charge in [-0.25, -0.2) is 0 Å². The number of hydrogen-bond donors (Lipinski definition) is 1. The van der Waals surface area contributed by atoms with Crippen LogP contribution < -0.4 is 0 Å². The van der Waals surface area contributed by atoms with Crippen molar-refractivity contribution in [3.63, 3.8) is 0 Å². The van der Waals surface area contributed by atoms with E-state index in [1.165, 1.54) is 17.1 Å². The lowest BCUT2D eigenvalue weighted by Gasteiger charge is -2.08. The lowest BCUT2D eigenvalue weighted by Crippen LogP contribution is -2.00. The third kappa shape index (κ3) is 3.11. The molecule has 1 aromatic heterocycles. The Kier molecular flexibility index (Phi) is 4.23. The van der Waals surface area contributed by atoms with Crippen LogP contribution in [0.4, 0.5) is 0 Å². The minimum absolute atomic E-state index is 0.440. The Morgan fingerprint density at radius 2 is 2.06 bits per heavy atom. The highest BCUT2D eigenvalue weighted by Gasteiger charge is 2.15. The molecule has 0 aliphatic heterocycles. The van der Waals surface area contributed by atoms with E-state index in [4.69, 9.17) is 0 Å². The Morgan fingerprint density at radius 3 is 2.76 bits per heavy atom. The molecule has 0 radical (unpaired) electrons. The van der Waals surface area contributed by atoms with Crippen molar-refractivity contribution in [1.29, 1.82) is 0 Å². The molecule has 0 spiro atoms. The van der Waals surface area contributed by atoms with Crippen molar-refractivity contribution in [2.75, 3.05) is 0 Å². The normalized spacial score (nSPS) is 12.6. The molecule has 0 fully saturated rings. The maximum Gasteiger partial charge on any atom is 0.0920 e. The van der Waals surface area contributed by atoms with Crippen LogP contribution in [-0.2, 0) is 12.8 Å². The van der Waals surface area contributed by atoms with Gasteiger partial charge in [0, 0.05) is 0 Å². The highest BCUT2D eigenvalue weighted by molar-refractivity contribution is 7.05. The number of rotatable bonds is 5. The number of hydrogen-bond acceptors (Lipinski definition) is 4. The van der Waals surface area contributed by atoms with Crippen LogP contribution in [0.3, 0.4) is 0 Å². The highest BCUT2D eigenvalue weighted by Crippen LogP contribution is 2.24. The first kappa shape index (κ1) is 12.2. The van der Waals surface area contributed by atoms with Crippen LogP contribution in [0.25, 0.3) is 0 Å². The first-order valence-electron chi connectivity index (χ1n) is 5.84. The molecule has 0 aliphatic rings. The monoisotopic (exact) mass is 248 g/mol. The summed E-state index contributed by atoms with van der Waals surface area (Å²) in [4.78, 5) is 0.920. The quantitative estimate of drug-likeness (QED) is 0.885. The van der Waals surface area contributed by atoms with Crippen LogP contribution in [-0.4, -0.2) is 14.7 Å². The van der Waals surface area contributed by atoms with Crippen LogP contribution >= 0.6 is 11.5 Å². The van der Waals surface area contributed by atoms with E-state index in [1.807, 2.05) is 25.1 Å². The second-order valence-corrected chi connectivity index (χ2v) is 4.76. The fourth-order valence-electron chi connectivity index (χ4n) is 1.79. The van der Waals surface area contributed by atoms with Gasteiger partial charge in [0.2, 0.25) is 0 Å². The van der Waals surface area contributed by atoms with Crippen molar-refractivity contribution in [2.45, 2.75) is 32.3 Å². The zero-order chi connectivity index (χ0) is 12.1. The van der Waals surface area contributed by atoms with Gasteiger partial charge in [-0.1, -0.05) is 41.7 Å². The van der Waals surface area contributed by atoms with Gasteiger partial charge in [0.15, 0.2) is 0 Å². The first-order chi connectivity index (χ1) is 8.31. The lowest BCUT2D eigenvalue weighted by molar-refractivity contribution is 0.170. The Morgan fingerprint density at radius 1 is 1.29 bits per heavy atom. The maximum atomic E-state index is 10.1. The predicted molar refractivity (Wildman–Crippen MR) is 69.0 cm³/mol. The van der Waals surface area contributed by atoms with Crippen molar-refractivity contribution in [3.05, 3.63) is 46.5 Å². The fourth-order valence-corrected chi connectivity index (χ4v) is 2.55. The highest BCUT2D eigenvalue weighted by atomic mass is 32.1. The zero-order valence-corrected chi connectivity index (χ0v) is 10.7. The third-order valence-corrected chi connectivity index (χ3v) is 3.64. The summed E-state index contributed by atoms with van der Waals surface area (Å²) in [6, 6.07) is 10.2. The molecule has 0 aliphatic carbocycles. The molecular weight excluding hydrogens is 232 g/mol. The third-order valence-electron chi connectivity index (χ3n) is 2.77. The molecule has 0 bridgehead atoms. The number of benzene rings is 1. The van der Waals surface area contributed by atoms with Crippen molar-refractivity contribution >= 4 is 11.5 Å². The Hall–Kier alpha value is -1.26. The van der Waals surface area contributed by atoms with Crippen molar-refractivity contribution in [3.8, 4) is 0 Å². The van der Waals surface area contributed by atoms with Crippen LogP contribution in [0.15, 0.2) is 30.3 Å². The minimum Gasteiger partial charge on any atom is -0.387 e. The number of nitrogens with zero attached hydrogens (tertiary/aromatic N) is 2. The topological polar surface area (TPSA) is 46.0 Å². The summed E-state index contributed by atoms with van der Waals surface area (Å²) in [7, 11) is 0. The molecule has 2 aromatic rings. The van der Waals surface area contributed by atoms with Gasteiger partial charge in [0.25, 0.3) is 0 Å². The molecule has 0 saturated carbocycles. The van der Waals surface area contributed by atoms with E-state index in [1.54, 1.807) is 0 Å². The van der Waals surface area contributed by atoms with Gasteiger partial charge in [0.05, 0.1) is 16.7 Å². The summed E-state index contributed by atoms with van der Waals surface area (Å²) in [5.41, 5.74) is 2.18. The van der Waals surface area contributed by atoms with Crippen LogP contribution in [0.2, 0.25) is 0 Å². The van der Waals surface area contributed by atoms with Crippen LogP contribution in [0.5, 0.6) is 0 Å². The van der Waals surface area contributed by atoms with E-state index in [2.05, 4.69) is 21.7 Å². The molecule has 90 valence electrons. The van der Waals surface area contributed by atoms with E-state index in [9.17, 15) is 5.11 Å². The summed E-state index contributed by atoms with van der Waals surface area (Å²) in [6.07, 6.45) is 1.99. The summed E-state index contributed by atoms with van der Waals surface area (Å²) < 4.78 is 3.90. The second-order valence-electron chi connectivity index (χ2n) is 3.98. The summed E-state index contributed by atoms with van der Waals surface area (Å²) in [5.74, 6) is 0. The predicted octanol–water partition coefficient (Wildman–Crippen LogP) is 2.77. The average molecular weight is 248 g/mol. The van der Waals surface area contributed by atoms with Gasteiger partial charge >= 0.3 is 0 Å². The van der Waals surface area contributed by atoms with E-state index < -0.39 is 6.10 Å². The van der Waals surface area contributed by atoms with Gasteiger partial charge < -0.3 is 5.11 Å². The van der Waals surface area contributed by atoms with E-state index >= 15 is 0 Å². The zero-order valence-electron chi connectivity index (χ0n) is 9.84. The molecule has 4 heteroatoms. The number of aliphatic hydroxyl groups is 1. The van der Waals surface area contributed by atoms with E-state index in [0.717, 1.165) is 29.8 Å². The fraction of sp³-hybridized carbons (Fsp3) is 0.385. The molecule has 17 heavy (non-hydrogen) atoms. The molecule has 0 amide bonds. The van der Waals surface area contributed by atoms with Gasteiger partial charge in [-0.3, -0.25) is 0 Å². The second kappa shape index (κ2) is 5.89. The van der Waals surface area contributed by atoms with Crippen molar-refractivity contribution in [1.82, 2.24) is 9.59 Å². The van der Waals surface area contributed by atoms with Crippen molar-refractivity contribution < 1.29 is 5.11 Å². The van der Waals surface area contributed by atoms with Gasteiger partial charge in [-0.05, 0) is 36.4 Å². The Balaban J connectivity index is 1.96. The molecular formula is C13H16N2OS. The summed E-state index contributed by atoms with van der Waals surface area (Å²) in [6.45, 7) is 2.03. The Labute approximate surface area is 105 Å². The Bertz CT molecular complexity index is 455. The van der Waals surface area contributed by atoms with Crippen molar-refractivity contribution in [2.24, 2.45) is 0 Å². The molecule has 0 saturated heterocycles. The summed E-state index contributed by atoms with van der Waals surface area (Å²) in [5, 5.41) is 14.1. The standard InChI is InChI=1S/C13H16N2OS/c1-2-11-13(17-15-14-11)12(16)9-8-10-6-4-3-5-7-10/h3-7,12,16H,2,8-9H2,1H3. The molecule has 1 N–H and O–H groups in total. The number of aryl methyl sites for hydroxylation is 2. The number of aliphatic hydroxyl groups excluding tert-OH is 1. The number of aromatic nitrogens is 2. The first-order valence-corrected chi connectivity index (χ1v) is 6.61. The van der Waals surface area contributed by atoms with Gasteiger partial charge in [0.1, 0.15) is 0 Å². The molecule has 1 heterocycles. The smallest absolute Gasteiger partial charge is 0.0920 e. The van der Waals surface area contributed by atoms with Gasteiger partial charge in [-0.15, -0.1) is 5.10 Å². The molecule has 1 atom stereocenters. The van der Waals surface area contributed by atoms with Crippen LogP contribution in [0.1, 0.15) is 35.6 Å². The molecule has 3 nitrogen and oxygen atoms in total. The van der Waals surface area contributed by atoms with E-state index in [0.29, 0.717) is 0 Å². The van der Waals surface area contributed by atoms with E-state index in [-0.39, 0.29) is 0 Å². The molecule has 2 rings (SSSR count). The largest absolute Gasteiger partial charge is 0.387 e. The van der Waals surface area contributed by atoms with Crippen LogP contribution in [0, 0.1) is 0 Å². The minimum atomic E-state index is -0.440. The lowest BCUT2D eigenvalue weighted by atomic mass is 10.0. The SMILES string of the molecule is CCc1nnsc1C(O)CCc1ccccc1. The molecule has 1 aromatic carbocycles. The van der Waals surface area contributed by atoms with Gasteiger partial charge in [-0.2, -0.15) is 0 Å². The summed E-state index contributed by atoms with van der Waals surface area (Å²) >= 11 is 1.31. The average Bonchev–Trinajstić information content (AvgIpc) is 2.85. The maximum absolute atomic E-state index is 10.1. The molecule has 1 unspecified atom stereocenters.